The number of thiophene rings is 1. The van der Waals surface area contributed by atoms with Crippen LogP contribution >= 0.6 is 11.3 Å². The summed E-state index contributed by atoms with van der Waals surface area (Å²) < 4.78 is 0. The zero-order valence-electron chi connectivity index (χ0n) is 10.3. The summed E-state index contributed by atoms with van der Waals surface area (Å²) in [7, 11) is 0. The lowest BCUT2D eigenvalue weighted by molar-refractivity contribution is 0.240. The zero-order chi connectivity index (χ0) is 11.7. The molecule has 4 atom stereocenters. The molecule has 2 nitrogen and oxygen atoms in total. The van der Waals surface area contributed by atoms with Crippen LogP contribution in [0.1, 0.15) is 37.7 Å². The van der Waals surface area contributed by atoms with Crippen LogP contribution in [0.25, 0.3) is 0 Å². The summed E-state index contributed by atoms with van der Waals surface area (Å²) in [5.74, 6) is 8.60. The average molecular weight is 250 g/mol. The third-order valence-electron chi connectivity index (χ3n) is 4.85. The van der Waals surface area contributed by atoms with Gasteiger partial charge in [0.25, 0.3) is 0 Å². The molecule has 4 unspecified atom stereocenters. The van der Waals surface area contributed by atoms with Crippen molar-refractivity contribution >= 4 is 11.3 Å². The minimum Gasteiger partial charge on any atom is -0.271 e. The van der Waals surface area contributed by atoms with E-state index >= 15 is 0 Å². The van der Waals surface area contributed by atoms with E-state index in [0.717, 1.165) is 17.8 Å². The van der Waals surface area contributed by atoms with Gasteiger partial charge in [-0.05, 0) is 72.2 Å². The predicted molar refractivity (Wildman–Crippen MR) is 72.7 cm³/mol. The highest BCUT2D eigenvalue weighted by molar-refractivity contribution is 7.07. The normalized spacial score (nSPS) is 33.1. The molecule has 2 aliphatic carbocycles. The van der Waals surface area contributed by atoms with Gasteiger partial charge in [-0.3, -0.25) is 11.3 Å². The van der Waals surface area contributed by atoms with Crippen molar-refractivity contribution in [2.75, 3.05) is 0 Å². The standard InChI is InChI=1S/C14H22N2S/c15-16-14(4-2-10-5-6-17-9-10)13-8-11-1-3-12(13)7-11/h5-6,9,11-14,16H,1-4,7-8,15H2. The number of rotatable bonds is 5. The highest BCUT2D eigenvalue weighted by Gasteiger charge is 2.42. The van der Waals surface area contributed by atoms with E-state index in [1.165, 1.54) is 44.1 Å². The monoisotopic (exact) mass is 250 g/mol. The van der Waals surface area contributed by atoms with Crippen molar-refractivity contribution in [3.05, 3.63) is 22.4 Å². The van der Waals surface area contributed by atoms with Crippen molar-refractivity contribution in [1.29, 1.82) is 0 Å². The van der Waals surface area contributed by atoms with Crippen molar-refractivity contribution in [1.82, 2.24) is 5.43 Å². The Morgan fingerprint density at radius 1 is 1.41 bits per heavy atom. The Labute approximate surface area is 108 Å². The Hall–Kier alpha value is -0.380. The van der Waals surface area contributed by atoms with Gasteiger partial charge in [-0.25, -0.2) is 0 Å². The lowest BCUT2D eigenvalue weighted by atomic mass is 9.81. The van der Waals surface area contributed by atoms with E-state index in [1.54, 1.807) is 11.3 Å². The van der Waals surface area contributed by atoms with Gasteiger partial charge in [-0.15, -0.1) is 0 Å². The maximum atomic E-state index is 5.78. The van der Waals surface area contributed by atoms with Gasteiger partial charge in [0.15, 0.2) is 0 Å². The number of nitrogens with one attached hydrogen (secondary N) is 1. The van der Waals surface area contributed by atoms with Crippen LogP contribution in [0.3, 0.4) is 0 Å². The third-order valence-corrected chi connectivity index (χ3v) is 5.58. The molecule has 0 aromatic carbocycles. The van der Waals surface area contributed by atoms with E-state index in [2.05, 4.69) is 22.3 Å². The molecule has 0 saturated heterocycles. The molecule has 2 saturated carbocycles. The second-order valence-corrected chi connectivity index (χ2v) is 6.56. The van der Waals surface area contributed by atoms with Gasteiger partial charge in [0.05, 0.1) is 0 Å². The number of hydrogen-bond donors (Lipinski definition) is 2. The van der Waals surface area contributed by atoms with Gasteiger partial charge < -0.3 is 0 Å². The molecule has 0 aliphatic heterocycles. The first-order valence-electron chi connectivity index (χ1n) is 6.84. The molecule has 3 heteroatoms. The minimum absolute atomic E-state index is 0.533. The molecule has 1 aromatic heterocycles. The van der Waals surface area contributed by atoms with Crippen molar-refractivity contribution in [2.24, 2.45) is 23.6 Å². The molecule has 3 rings (SSSR count). The van der Waals surface area contributed by atoms with Gasteiger partial charge in [-0.2, -0.15) is 11.3 Å². The van der Waals surface area contributed by atoms with E-state index in [9.17, 15) is 0 Å². The van der Waals surface area contributed by atoms with E-state index in [1.807, 2.05) is 0 Å². The first-order chi connectivity index (χ1) is 8.36. The lowest BCUT2D eigenvalue weighted by Crippen LogP contribution is -2.43. The average Bonchev–Trinajstić information content (AvgIpc) is 3.07. The molecule has 1 heterocycles. The van der Waals surface area contributed by atoms with Crippen LogP contribution in [0.2, 0.25) is 0 Å². The summed E-state index contributed by atoms with van der Waals surface area (Å²) in [6.07, 6.45) is 8.19. The van der Waals surface area contributed by atoms with E-state index < -0.39 is 0 Å². The molecule has 2 aliphatic rings. The molecule has 0 amide bonds. The second-order valence-electron chi connectivity index (χ2n) is 5.78. The van der Waals surface area contributed by atoms with Crippen LogP contribution in [0.5, 0.6) is 0 Å². The Balaban J connectivity index is 1.56. The van der Waals surface area contributed by atoms with Crippen molar-refractivity contribution < 1.29 is 0 Å². The van der Waals surface area contributed by atoms with Crippen molar-refractivity contribution in [3.63, 3.8) is 0 Å². The number of hydrogen-bond acceptors (Lipinski definition) is 3. The number of hydrazine groups is 1. The summed E-state index contributed by atoms with van der Waals surface area (Å²) in [6, 6.07) is 2.77. The Bertz CT molecular complexity index is 349. The molecule has 1 aromatic rings. The lowest BCUT2D eigenvalue weighted by Gasteiger charge is -2.30. The van der Waals surface area contributed by atoms with Gasteiger partial charge in [-0.1, -0.05) is 6.42 Å². The fraction of sp³-hybridized carbons (Fsp3) is 0.714. The highest BCUT2D eigenvalue weighted by atomic mass is 32.1. The van der Waals surface area contributed by atoms with Gasteiger partial charge >= 0.3 is 0 Å². The Kier molecular flexibility index (Phi) is 3.50. The highest BCUT2D eigenvalue weighted by Crippen LogP contribution is 2.49. The number of aryl methyl sites for hydroxylation is 1. The smallest absolute Gasteiger partial charge is 0.0244 e. The van der Waals surface area contributed by atoms with E-state index in [-0.39, 0.29) is 0 Å². The molecule has 94 valence electrons. The van der Waals surface area contributed by atoms with Crippen LogP contribution in [0.4, 0.5) is 0 Å². The largest absolute Gasteiger partial charge is 0.271 e. The fourth-order valence-corrected chi connectivity index (χ4v) is 4.67. The SMILES string of the molecule is NNC(CCc1ccsc1)C1CC2CCC1C2. The van der Waals surface area contributed by atoms with Crippen LogP contribution < -0.4 is 11.3 Å². The summed E-state index contributed by atoms with van der Waals surface area (Å²) in [5, 5.41) is 4.42. The minimum atomic E-state index is 0.533. The van der Waals surface area contributed by atoms with Crippen LogP contribution in [0.15, 0.2) is 16.8 Å². The molecule has 0 radical (unpaired) electrons. The van der Waals surface area contributed by atoms with E-state index in [4.69, 9.17) is 5.84 Å². The number of nitrogens with two attached hydrogens (primary N) is 1. The van der Waals surface area contributed by atoms with Crippen molar-refractivity contribution in [3.8, 4) is 0 Å². The van der Waals surface area contributed by atoms with Gasteiger partial charge in [0.1, 0.15) is 0 Å². The summed E-state index contributed by atoms with van der Waals surface area (Å²) in [4.78, 5) is 0. The fourth-order valence-electron chi connectivity index (χ4n) is 3.96. The molecule has 2 fully saturated rings. The topological polar surface area (TPSA) is 38.0 Å². The summed E-state index contributed by atoms with van der Waals surface area (Å²) in [5.41, 5.74) is 4.57. The maximum absolute atomic E-state index is 5.78. The molecule has 3 N–H and O–H groups in total. The van der Waals surface area contributed by atoms with Gasteiger partial charge in [0.2, 0.25) is 0 Å². The third kappa shape index (κ3) is 2.42. The molecule has 17 heavy (non-hydrogen) atoms. The first kappa shape index (κ1) is 11.7. The molecular weight excluding hydrogens is 228 g/mol. The molecular formula is C14H22N2S. The summed E-state index contributed by atoms with van der Waals surface area (Å²) >= 11 is 1.79. The predicted octanol–water partition coefficient (Wildman–Crippen LogP) is 2.95. The number of fused-ring (bicyclic) bond motifs is 2. The van der Waals surface area contributed by atoms with E-state index in [0.29, 0.717) is 6.04 Å². The van der Waals surface area contributed by atoms with Crippen molar-refractivity contribution in [2.45, 2.75) is 44.6 Å². The Morgan fingerprint density at radius 2 is 2.35 bits per heavy atom. The summed E-state index contributed by atoms with van der Waals surface area (Å²) in [6.45, 7) is 0. The molecule has 2 bridgehead atoms. The van der Waals surface area contributed by atoms with Crippen LogP contribution in [-0.2, 0) is 6.42 Å². The Morgan fingerprint density at radius 3 is 2.94 bits per heavy atom. The first-order valence-corrected chi connectivity index (χ1v) is 7.78. The van der Waals surface area contributed by atoms with Crippen LogP contribution in [0, 0.1) is 17.8 Å². The quantitative estimate of drug-likeness (QED) is 0.623. The second kappa shape index (κ2) is 5.09. The molecule has 0 spiro atoms. The van der Waals surface area contributed by atoms with Gasteiger partial charge in [0, 0.05) is 6.04 Å². The van der Waals surface area contributed by atoms with Crippen LogP contribution in [-0.4, -0.2) is 6.04 Å². The maximum Gasteiger partial charge on any atom is 0.0244 e. The zero-order valence-corrected chi connectivity index (χ0v) is 11.1.